The van der Waals surface area contributed by atoms with E-state index >= 15 is 0 Å². The molecule has 1 aliphatic rings. The van der Waals surface area contributed by atoms with E-state index in [0.29, 0.717) is 32.0 Å². The molecule has 2 N–H and O–H groups in total. The number of benzene rings is 1. The first-order valence-electron chi connectivity index (χ1n) is 8.80. The van der Waals surface area contributed by atoms with E-state index in [9.17, 15) is 14.7 Å². The Kier molecular flexibility index (Phi) is 5.54. The number of aromatic amines is 1. The van der Waals surface area contributed by atoms with Crippen molar-refractivity contribution in [3.8, 4) is 11.5 Å². The van der Waals surface area contributed by atoms with Crippen LogP contribution in [0.4, 0.5) is 11.5 Å². The second-order valence-electron chi connectivity index (χ2n) is 6.14. The molecule has 1 saturated heterocycles. The zero-order chi connectivity index (χ0) is 19.4. The number of hydrogen-bond donors (Lipinski definition) is 2. The number of nitrogens with zero attached hydrogens (tertiary/aromatic N) is 2. The summed E-state index contributed by atoms with van der Waals surface area (Å²) in [5.74, 6) is 0.0743. The third-order valence-electron chi connectivity index (χ3n) is 4.52. The number of anilines is 2. The number of aromatic nitrogens is 1. The molecule has 1 aliphatic heterocycles. The summed E-state index contributed by atoms with van der Waals surface area (Å²) in [5, 5.41) is 10.1. The standard InChI is InChI=1S/C19H23N3O5/c1-3-27-19(25)17-15(23)12-16(24)20-18(17)22-10-8-21(9-11-22)13-4-6-14(26-2)7-5-13/h4-7,12H,3,8-11H2,1-2H3,(H2,20,23,24). The van der Waals surface area contributed by atoms with Gasteiger partial charge in [0.25, 0.3) is 5.56 Å². The number of piperazine rings is 1. The van der Waals surface area contributed by atoms with Gasteiger partial charge in [-0.1, -0.05) is 0 Å². The summed E-state index contributed by atoms with van der Waals surface area (Å²) in [6, 6.07) is 8.80. The fraction of sp³-hybridized carbons (Fsp3) is 0.368. The molecule has 1 fully saturated rings. The minimum absolute atomic E-state index is 0.00523. The number of rotatable bonds is 5. The van der Waals surface area contributed by atoms with E-state index in [1.165, 1.54) is 0 Å². The van der Waals surface area contributed by atoms with E-state index in [0.717, 1.165) is 17.5 Å². The molecule has 144 valence electrons. The van der Waals surface area contributed by atoms with Crippen molar-refractivity contribution in [1.82, 2.24) is 4.98 Å². The van der Waals surface area contributed by atoms with Gasteiger partial charge >= 0.3 is 5.97 Å². The smallest absolute Gasteiger partial charge is 0.345 e. The quantitative estimate of drug-likeness (QED) is 0.769. The molecule has 0 bridgehead atoms. The predicted molar refractivity (Wildman–Crippen MR) is 102 cm³/mol. The van der Waals surface area contributed by atoms with Crippen molar-refractivity contribution in [3.05, 3.63) is 46.2 Å². The van der Waals surface area contributed by atoms with Gasteiger partial charge in [-0.05, 0) is 31.2 Å². The van der Waals surface area contributed by atoms with Gasteiger partial charge in [-0.3, -0.25) is 4.79 Å². The van der Waals surface area contributed by atoms with Crippen molar-refractivity contribution in [2.75, 3.05) is 49.7 Å². The molecule has 0 atom stereocenters. The number of hydrogen-bond acceptors (Lipinski definition) is 7. The highest BCUT2D eigenvalue weighted by atomic mass is 16.5. The third-order valence-corrected chi connectivity index (χ3v) is 4.52. The van der Waals surface area contributed by atoms with E-state index < -0.39 is 11.5 Å². The van der Waals surface area contributed by atoms with Gasteiger partial charge < -0.3 is 29.4 Å². The molecule has 0 radical (unpaired) electrons. The minimum Gasteiger partial charge on any atom is -0.507 e. The lowest BCUT2D eigenvalue weighted by Crippen LogP contribution is -2.47. The van der Waals surface area contributed by atoms with Crippen LogP contribution < -0.4 is 20.1 Å². The zero-order valence-corrected chi connectivity index (χ0v) is 15.4. The summed E-state index contributed by atoms with van der Waals surface area (Å²) in [6.07, 6.45) is 0. The number of ether oxygens (including phenoxy) is 2. The molecule has 8 nitrogen and oxygen atoms in total. The topological polar surface area (TPSA) is 95.1 Å². The van der Waals surface area contributed by atoms with Crippen LogP contribution in [0.3, 0.4) is 0 Å². The number of carbonyl (C=O) groups is 1. The summed E-state index contributed by atoms with van der Waals surface area (Å²) >= 11 is 0. The Labute approximate surface area is 156 Å². The first kappa shape index (κ1) is 18.6. The average Bonchev–Trinajstić information content (AvgIpc) is 2.67. The maximum Gasteiger partial charge on any atom is 0.345 e. The molecule has 27 heavy (non-hydrogen) atoms. The highest BCUT2D eigenvalue weighted by molar-refractivity contribution is 5.97. The second-order valence-corrected chi connectivity index (χ2v) is 6.14. The first-order chi connectivity index (χ1) is 13.0. The Morgan fingerprint density at radius 1 is 1.15 bits per heavy atom. The number of pyridine rings is 1. The van der Waals surface area contributed by atoms with Crippen LogP contribution in [-0.2, 0) is 4.74 Å². The van der Waals surface area contributed by atoms with Crippen LogP contribution in [0, 0.1) is 0 Å². The number of aromatic hydroxyl groups is 1. The number of carbonyl (C=O) groups excluding carboxylic acids is 1. The largest absolute Gasteiger partial charge is 0.507 e. The van der Waals surface area contributed by atoms with Crippen LogP contribution in [-0.4, -0.2) is 56.0 Å². The van der Waals surface area contributed by atoms with Crippen molar-refractivity contribution < 1.29 is 19.4 Å². The molecule has 1 aromatic carbocycles. The van der Waals surface area contributed by atoms with Crippen molar-refractivity contribution in [3.63, 3.8) is 0 Å². The van der Waals surface area contributed by atoms with Crippen molar-refractivity contribution >= 4 is 17.5 Å². The molecule has 1 aromatic heterocycles. The maximum absolute atomic E-state index is 12.2. The van der Waals surface area contributed by atoms with Gasteiger partial charge in [-0.2, -0.15) is 0 Å². The fourth-order valence-electron chi connectivity index (χ4n) is 3.16. The van der Waals surface area contributed by atoms with Crippen LogP contribution in [0.15, 0.2) is 35.1 Å². The molecule has 3 rings (SSSR count). The van der Waals surface area contributed by atoms with Crippen LogP contribution in [0.25, 0.3) is 0 Å². The van der Waals surface area contributed by atoms with Gasteiger partial charge in [0.1, 0.15) is 22.9 Å². The average molecular weight is 373 g/mol. The van der Waals surface area contributed by atoms with Gasteiger partial charge in [-0.25, -0.2) is 4.79 Å². The zero-order valence-electron chi connectivity index (χ0n) is 15.4. The van der Waals surface area contributed by atoms with Gasteiger partial charge in [0.2, 0.25) is 0 Å². The Morgan fingerprint density at radius 2 is 1.78 bits per heavy atom. The Bertz CT molecular complexity index is 855. The molecule has 0 unspecified atom stereocenters. The highest BCUT2D eigenvalue weighted by Crippen LogP contribution is 2.28. The Hall–Kier alpha value is -3.16. The minimum atomic E-state index is -0.654. The number of H-pyrrole nitrogens is 1. The van der Waals surface area contributed by atoms with E-state index in [2.05, 4.69) is 9.88 Å². The summed E-state index contributed by atoms with van der Waals surface area (Å²) in [5.41, 5.74) is 0.605. The summed E-state index contributed by atoms with van der Waals surface area (Å²) in [4.78, 5) is 30.8. The van der Waals surface area contributed by atoms with E-state index in [1.807, 2.05) is 29.2 Å². The summed E-state index contributed by atoms with van der Waals surface area (Å²) < 4.78 is 10.2. The molecule has 0 saturated carbocycles. The van der Waals surface area contributed by atoms with Gasteiger partial charge in [-0.15, -0.1) is 0 Å². The van der Waals surface area contributed by atoms with Gasteiger partial charge in [0.05, 0.1) is 13.7 Å². The number of methoxy groups -OCH3 is 1. The maximum atomic E-state index is 12.2. The lowest BCUT2D eigenvalue weighted by molar-refractivity contribution is 0.0523. The number of esters is 1. The normalized spacial score (nSPS) is 14.1. The van der Waals surface area contributed by atoms with Crippen molar-refractivity contribution in [2.24, 2.45) is 0 Å². The van der Waals surface area contributed by atoms with Crippen molar-refractivity contribution in [1.29, 1.82) is 0 Å². The van der Waals surface area contributed by atoms with Crippen LogP contribution in [0.5, 0.6) is 11.5 Å². The molecule has 0 aliphatic carbocycles. The second kappa shape index (κ2) is 8.03. The SMILES string of the molecule is CCOC(=O)c1c(O)cc(=O)[nH]c1N1CCN(c2ccc(OC)cc2)CC1. The molecule has 0 amide bonds. The Morgan fingerprint density at radius 3 is 2.37 bits per heavy atom. The van der Waals surface area contributed by atoms with E-state index in [-0.39, 0.29) is 17.9 Å². The highest BCUT2D eigenvalue weighted by Gasteiger charge is 2.26. The molecular formula is C19H23N3O5. The van der Waals surface area contributed by atoms with Crippen LogP contribution in [0.2, 0.25) is 0 Å². The van der Waals surface area contributed by atoms with Gasteiger partial charge in [0, 0.05) is 37.9 Å². The summed E-state index contributed by atoms with van der Waals surface area (Å²) in [7, 11) is 1.63. The molecular weight excluding hydrogens is 350 g/mol. The molecule has 0 spiro atoms. The third kappa shape index (κ3) is 3.99. The van der Waals surface area contributed by atoms with Crippen LogP contribution >= 0.6 is 0 Å². The van der Waals surface area contributed by atoms with Gasteiger partial charge in [0.15, 0.2) is 0 Å². The Balaban J connectivity index is 1.79. The first-order valence-corrected chi connectivity index (χ1v) is 8.80. The van der Waals surface area contributed by atoms with E-state index in [1.54, 1.807) is 14.0 Å². The summed E-state index contributed by atoms with van der Waals surface area (Å²) in [6.45, 7) is 4.43. The van der Waals surface area contributed by atoms with Crippen molar-refractivity contribution in [2.45, 2.75) is 6.92 Å². The van der Waals surface area contributed by atoms with E-state index in [4.69, 9.17) is 9.47 Å². The predicted octanol–water partition coefficient (Wildman–Crippen LogP) is 1.59. The molecule has 2 heterocycles. The number of nitrogens with one attached hydrogen (secondary N) is 1. The lowest BCUT2D eigenvalue weighted by Gasteiger charge is -2.37. The monoisotopic (exact) mass is 373 g/mol. The lowest BCUT2D eigenvalue weighted by atomic mass is 10.2. The van der Waals surface area contributed by atoms with Crippen LogP contribution in [0.1, 0.15) is 17.3 Å². The fourth-order valence-corrected chi connectivity index (χ4v) is 3.16. The molecule has 2 aromatic rings. The molecule has 8 heteroatoms.